The highest BCUT2D eigenvalue weighted by molar-refractivity contribution is 9.11. The molecule has 0 aliphatic carbocycles. The molecule has 2 rings (SSSR count). The van der Waals surface area contributed by atoms with Crippen LogP contribution < -0.4 is 0 Å². The zero-order valence-electron chi connectivity index (χ0n) is 7.93. The Balaban J connectivity index is 2.18. The lowest BCUT2D eigenvalue weighted by molar-refractivity contribution is 0.0204. The van der Waals surface area contributed by atoms with Crippen LogP contribution in [0.15, 0.2) is 15.9 Å². The van der Waals surface area contributed by atoms with E-state index in [0.717, 1.165) is 13.0 Å². The summed E-state index contributed by atoms with van der Waals surface area (Å²) in [6.45, 7) is 3.08. The fourth-order valence-corrected chi connectivity index (χ4v) is 4.10. The van der Waals surface area contributed by atoms with Gasteiger partial charge in [-0.15, -0.1) is 11.3 Å². The van der Waals surface area contributed by atoms with Crippen molar-refractivity contribution in [2.24, 2.45) is 0 Å². The van der Waals surface area contributed by atoms with E-state index in [-0.39, 0.29) is 5.60 Å². The highest BCUT2D eigenvalue weighted by Gasteiger charge is 2.38. The first-order valence-corrected chi connectivity index (χ1v) is 7.18. The summed E-state index contributed by atoms with van der Waals surface area (Å²) in [7, 11) is 0. The molecule has 0 spiro atoms. The van der Waals surface area contributed by atoms with Crippen LogP contribution >= 0.6 is 43.2 Å². The Morgan fingerprint density at radius 3 is 2.86 bits per heavy atom. The largest absolute Gasteiger partial charge is 0.374 e. The second-order valence-corrected chi connectivity index (χ2v) is 7.18. The van der Waals surface area contributed by atoms with Crippen molar-refractivity contribution in [1.29, 1.82) is 0 Å². The third kappa shape index (κ3) is 2.08. The van der Waals surface area contributed by atoms with Crippen molar-refractivity contribution in [2.75, 3.05) is 6.61 Å². The number of alkyl halides is 1. The van der Waals surface area contributed by atoms with Gasteiger partial charge in [-0.3, -0.25) is 0 Å². The lowest BCUT2D eigenvalue weighted by Crippen LogP contribution is -2.27. The van der Waals surface area contributed by atoms with Crippen molar-refractivity contribution in [3.63, 3.8) is 0 Å². The summed E-state index contributed by atoms with van der Waals surface area (Å²) in [5, 5.41) is 0. The smallest absolute Gasteiger partial charge is 0.0828 e. The highest BCUT2D eigenvalue weighted by Crippen LogP contribution is 2.45. The first-order chi connectivity index (χ1) is 6.62. The zero-order valence-corrected chi connectivity index (χ0v) is 11.9. The average molecular weight is 340 g/mol. The Morgan fingerprint density at radius 1 is 1.57 bits per heavy atom. The molecule has 14 heavy (non-hydrogen) atoms. The number of hydrogen-bond acceptors (Lipinski definition) is 2. The van der Waals surface area contributed by atoms with Gasteiger partial charge in [0.05, 0.1) is 14.2 Å². The van der Waals surface area contributed by atoms with E-state index in [1.807, 2.05) is 0 Å². The summed E-state index contributed by atoms with van der Waals surface area (Å²) in [4.78, 5) is 1.65. The molecule has 0 N–H and O–H groups in total. The van der Waals surface area contributed by atoms with E-state index in [9.17, 15) is 0 Å². The Hall–Kier alpha value is 0.620. The van der Waals surface area contributed by atoms with Crippen molar-refractivity contribution in [2.45, 2.75) is 30.2 Å². The standard InChI is InChI=1S/C10H12Br2OS/c1-10(5-2-6-13-10)9(12)7-3-4-8(11)14-7/h3-4,9H,2,5-6H2,1H3. The molecule has 1 nitrogen and oxygen atoms in total. The molecular formula is C10H12Br2OS. The SMILES string of the molecule is CC1(C(Br)c2ccc(Br)s2)CCCO1. The summed E-state index contributed by atoms with van der Waals surface area (Å²) in [5.74, 6) is 0. The van der Waals surface area contributed by atoms with Crippen LogP contribution in [-0.4, -0.2) is 12.2 Å². The highest BCUT2D eigenvalue weighted by atomic mass is 79.9. The Bertz CT molecular complexity index is 318. The molecule has 4 heteroatoms. The molecule has 2 heterocycles. The van der Waals surface area contributed by atoms with E-state index in [0.29, 0.717) is 4.83 Å². The molecule has 0 radical (unpaired) electrons. The van der Waals surface area contributed by atoms with Crippen molar-refractivity contribution in [1.82, 2.24) is 0 Å². The van der Waals surface area contributed by atoms with Gasteiger partial charge in [-0.25, -0.2) is 0 Å². The van der Waals surface area contributed by atoms with Crippen LogP contribution in [0.5, 0.6) is 0 Å². The summed E-state index contributed by atoms with van der Waals surface area (Å²) in [6, 6.07) is 4.24. The van der Waals surface area contributed by atoms with Gasteiger partial charge in [0.15, 0.2) is 0 Å². The van der Waals surface area contributed by atoms with Gasteiger partial charge in [0.2, 0.25) is 0 Å². The fraction of sp³-hybridized carbons (Fsp3) is 0.600. The van der Waals surface area contributed by atoms with Crippen LogP contribution in [0, 0.1) is 0 Å². The summed E-state index contributed by atoms with van der Waals surface area (Å²) in [5.41, 5.74) is -0.0235. The predicted molar refractivity (Wildman–Crippen MR) is 67.3 cm³/mol. The van der Waals surface area contributed by atoms with Crippen molar-refractivity contribution < 1.29 is 4.74 Å². The summed E-state index contributed by atoms with van der Waals surface area (Å²) in [6.07, 6.45) is 2.31. The fourth-order valence-electron chi connectivity index (χ4n) is 1.77. The van der Waals surface area contributed by atoms with Crippen LogP contribution in [0.3, 0.4) is 0 Å². The molecule has 2 unspecified atom stereocenters. The number of ether oxygens (including phenoxy) is 1. The molecule has 1 aliphatic heterocycles. The average Bonchev–Trinajstić information content (AvgIpc) is 2.74. The van der Waals surface area contributed by atoms with Gasteiger partial charge in [-0.05, 0) is 47.8 Å². The number of hydrogen-bond donors (Lipinski definition) is 0. The van der Waals surface area contributed by atoms with Crippen molar-refractivity contribution in [3.05, 3.63) is 20.8 Å². The molecular weight excluding hydrogens is 328 g/mol. The third-order valence-corrected chi connectivity index (χ3v) is 6.08. The molecule has 2 atom stereocenters. The minimum Gasteiger partial charge on any atom is -0.374 e. The van der Waals surface area contributed by atoms with Crippen molar-refractivity contribution >= 4 is 43.2 Å². The summed E-state index contributed by atoms with van der Waals surface area (Å²) < 4.78 is 6.99. The molecule has 1 fully saturated rings. The van der Waals surface area contributed by atoms with E-state index in [1.165, 1.54) is 15.1 Å². The molecule has 1 aromatic rings. The maximum atomic E-state index is 5.81. The Morgan fingerprint density at radius 2 is 2.36 bits per heavy atom. The molecule has 78 valence electrons. The zero-order chi connectivity index (χ0) is 10.2. The molecule has 0 amide bonds. The lowest BCUT2D eigenvalue weighted by Gasteiger charge is -2.28. The molecule has 1 aliphatic rings. The van der Waals surface area contributed by atoms with Gasteiger partial charge in [0.1, 0.15) is 0 Å². The second-order valence-electron chi connectivity index (χ2n) is 3.77. The van der Waals surface area contributed by atoms with E-state index in [1.54, 1.807) is 11.3 Å². The molecule has 0 saturated carbocycles. The monoisotopic (exact) mass is 338 g/mol. The molecule has 1 saturated heterocycles. The van der Waals surface area contributed by atoms with Crippen molar-refractivity contribution in [3.8, 4) is 0 Å². The number of halogens is 2. The topological polar surface area (TPSA) is 9.23 Å². The van der Waals surface area contributed by atoms with E-state index >= 15 is 0 Å². The van der Waals surface area contributed by atoms with Crippen LogP contribution in [0.1, 0.15) is 29.5 Å². The Labute approximate surface area is 105 Å². The van der Waals surface area contributed by atoms with Crippen LogP contribution in [0.25, 0.3) is 0 Å². The van der Waals surface area contributed by atoms with E-state index in [2.05, 4.69) is 50.9 Å². The maximum absolute atomic E-state index is 5.81. The number of thiophene rings is 1. The normalized spacial score (nSPS) is 29.4. The van der Waals surface area contributed by atoms with Crippen LogP contribution in [-0.2, 0) is 4.74 Å². The second kappa shape index (κ2) is 4.24. The lowest BCUT2D eigenvalue weighted by atomic mass is 9.98. The quantitative estimate of drug-likeness (QED) is 0.720. The van der Waals surface area contributed by atoms with Gasteiger partial charge >= 0.3 is 0 Å². The first-order valence-electron chi connectivity index (χ1n) is 4.65. The van der Waals surface area contributed by atoms with Gasteiger partial charge in [-0.1, -0.05) is 15.9 Å². The molecule has 1 aromatic heterocycles. The van der Waals surface area contributed by atoms with Crippen LogP contribution in [0.2, 0.25) is 0 Å². The minimum absolute atomic E-state index is 0.0235. The van der Waals surface area contributed by atoms with E-state index < -0.39 is 0 Å². The Kier molecular flexibility index (Phi) is 3.37. The van der Waals surface area contributed by atoms with Gasteiger partial charge in [0, 0.05) is 11.5 Å². The van der Waals surface area contributed by atoms with Gasteiger partial charge in [0.25, 0.3) is 0 Å². The van der Waals surface area contributed by atoms with Gasteiger partial charge < -0.3 is 4.74 Å². The van der Waals surface area contributed by atoms with Gasteiger partial charge in [-0.2, -0.15) is 0 Å². The molecule has 0 bridgehead atoms. The van der Waals surface area contributed by atoms with E-state index in [4.69, 9.17) is 4.74 Å². The maximum Gasteiger partial charge on any atom is 0.0828 e. The number of rotatable bonds is 2. The summed E-state index contributed by atoms with van der Waals surface area (Å²) >= 11 is 9.00. The third-order valence-electron chi connectivity index (χ3n) is 2.63. The minimum atomic E-state index is -0.0235. The predicted octanol–water partition coefficient (Wildman–Crippen LogP) is 4.52. The first kappa shape index (κ1) is 11.1. The molecule has 0 aromatic carbocycles. The van der Waals surface area contributed by atoms with Crippen LogP contribution in [0.4, 0.5) is 0 Å².